The van der Waals surface area contributed by atoms with Crippen molar-refractivity contribution in [1.29, 1.82) is 10.5 Å². The monoisotopic (exact) mass is 1510 g/mol. The second kappa shape index (κ2) is 38.8. The Hall–Kier alpha value is -10.9. The standard InChI is InChI=1S/C22H22N4O2.C16H20N2O.C15H18N2O2.C9H9N.C8H7NO.C7H12BrNO.C7H5ClN2/c1-16-12-17(14-23)13-21(24-16)28-20-7-5-6-19-18(20)8-11-26(19)15-22(27)25-9-3-2-4-10-25;1-13-6-5-7-15-14(13)8-11-18(15)12-16(19)17-9-3-2-4-10-17;18-14-6-4-5-13-12(14)7-10-17(13)11-15(19)16-8-2-1-3-9-16;1-7-3-2-4-9-8(7)5-6-10-9;10-8-3-1-2-7-6(8)4-5-9-7;8-6-7(10)9-4-2-1-3-5-9;1-5-2-6(4-9)3-7(8)10-5/h5-8,11-13H,2-4,9-10,15H2,1H3;5-8,11H,2-4,9-10,12H2,1H3;4-7,10,18H,1-3,8-9,11H2;2-6,10H,1H3;1-5,9-10H;1-6H2;2-3H,1H3. The Kier molecular flexibility index (Phi) is 28.4. The number of likely N-dealkylation sites (tertiary alicyclic amines) is 4. The molecule has 0 bridgehead atoms. The van der Waals surface area contributed by atoms with Crippen LogP contribution in [-0.4, -0.2) is 145 Å². The Balaban J connectivity index is 0.000000138. The van der Waals surface area contributed by atoms with Crippen LogP contribution in [0.15, 0.2) is 177 Å². The van der Waals surface area contributed by atoms with Crippen molar-refractivity contribution in [1.82, 2.24) is 53.2 Å². The number of nitrogens with one attached hydrogen (secondary N) is 2. The SMILES string of the molecule is Cc1cc(C#N)cc(Cl)n1.Cc1cc(C#N)cc(Oc2cccc3c2ccn3CC(=O)N2CCCCC2)n1.Cc1cccc2[nH]ccc12.Cc1cccc2c1ccn2CC(=O)N1CCCCC1.O=C(CBr)N1CCCCC1.O=C(Cn1ccc2c(O)cccc21)N1CCCCC1.Oc1cccc2[nH]ccc12. The predicted molar refractivity (Wildman–Crippen MR) is 423 cm³/mol. The van der Waals surface area contributed by atoms with Crippen molar-refractivity contribution < 1.29 is 34.1 Å². The minimum absolute atomic E-state index is 0.155. The summed E-state index contributed by atoms with van der Waals surface area (Å²) in [6.07, 6.45) is 23.6. The first kappa shape index (κ1) is 77.7. The van der Waals surface area contributed by atoms with Crippen molar-refractivity contribution in [2.75, 3.05) is 57.7 Å². The number of fused-ring (bicyclic) bond motifs is 5. The predicted octanol–water partition coefficient (Wildman–Crippen LogP) is 17.0. The van der Waals surface area contributed by atoms with Gasteiger partial charge in [0.1, 0.15) is 42.0 Å². The van der Waals surface area contributed by atoms with Crippen molar-refractivity contribution in [3.63, 3.8) is 0 Å². The van der Waals surface area contributed by atoms with Gasteiger partial charge < -0.3 is 58.2 Å². The van der Waals surface area contributed by atoms with E-state index in [4.69, 9.17) is 26.9 Å². The molecule has 11 heterocycles. The number of halogens is 2. The van der Waals surface area contributed by atoms with Crippen LogP contribution in [0.4, 0.5) is 0 Å². The van der Waals surface area contributed by atoms with Crippen LogP contribution in [0.5, 0.6) is 23.1 Å². The molecule has 5 aromatic carbocycles. The van der Waals surface area contributed by atoms with Crippen molar-refractivity contribution in [2.45, 2.75) is 124 Å². The van der Waals surface area contributed by atoms with Gasteiger partial charge in [0.05, 0.1) is 39.6 Å². The molecule has 4 N–H and O–H groups in total. The minimum atomic E-state index is 0.155. The highest BCUT2D eigenvalue weighted by atomic mass is 79.9. The number of alkyl halides is 1. The van der Waals surface area contributed by atoms with Gasteiger partial charge in [-0.2, -0.15) is 10.5 Å². The number of aryl methyl sites for hydroxylation is 4. The fourth-order valence-corrected chi connectivity index (χ4v) is 14.2. The number of aromatic hydroxyl groups is 2. The van der Waals surface area contributed by atoms with Crippen LogP contribution in [0.3, 0.4) is 0 Å². The number of amides is 4. The summed E-state index contributed by atoms with van der Waals surface area (Å²) < 4.78 is 11.9. The molecule has 4 saturated heterocycles. The Labute approximate surface area is 632 Å². The van der Waals surface area contributed by atoms with Gasteiger partial charge in [0.25, 0.3) is 0 Å². The number of phenols is 2. The zero-order chi connectivity index (χ0) is 74.9. The molecule has 0 unspecified atom stereocenters. The van der Waals surface area contributed by atoms with Crippen molar-refractivity contribution in [3.05, 3.63) is 215 Å². The number of ether oxygens (including phenoxy) is 1. The summed E-state index contributed by atoms with van der Waals surface area (Å²) in [5.74, 6) is 2.45. The number of nitrogens with zero attached hydrogens (tertiary/aromatic N) is 11. The van der Waals surface area contributed by atoms with Crippen molar-refractivity contribution in [3.8, 4) is 35.3 Å². The lowest BCUT2D eigenvalue weighted by atomic mass is 10.1. The molecule has 0 spiro atoms. The fraction of sp³-hybridized carbons (Fsp3) is 0.333. The molecule has 7 aromatic heterocycles. The number of hydrogen-bond acceptors (Lipinski definition) is 11. The molecular formula is C84H93BrClN13O7. The van der Waals surface area contributed by atoms with Gasteiger partial charge in [-0.1, -0.05) is 70.0 Å². The molecule has 550 valence electrons. The normalized spacial score (nSPS) is 14.0. The highest BCUT2D eigenvalue weighted by molar-refractivity contribution is 9.09. The molecule has 4 amide bonds. The summed E-state index contributed by atoms with van der Waals surface area (Å²) in [7, 11) is 0. The first-order chi connectivity index (χ1) is 51.5. The third-order valence-electron chi connectivity index (χ3n) is 19.2. The Morgan fingerprint density at radius 2 is 0.840 bits per heavy atom. The highest BCUT2D eigenvalue weighted by Gasteiger charge is 2.22. The number of nitriles is 2. The van der Waals surface area contributed by atoms with Crippen LogP contribution >= 0.6 is 27.5 Å². The van der Waals surface area contributed by atoms with E-state index in [9.17, 15) is 29.4 Å². The molecule has 0 radical (unpaired) electrons. The number of piperidine rings is 4. The summed E-state index contributed by atoms with van der Waals surface area (Å²) in [6.45, 7) is 16.3. The highest BCUT2D eigenvalue weighted by Crippen LogP contribution is 2.32. The Bertz CT molecular complexity index is 4820. The van der Waals surface area contributed by atoms with E-state index in [0.29, 0.717) is 58.6 Å². The lowest BCUT2D eigenvalue weighted by molar-refractivity contribution is -0.133. The number of pyridine rings is 2. The number of carbonyl (C=O) groups excluding carboxylic acids is 4. The largest absolute Gasteiger partial charge is 0.507 e. The van der Waals surface area contributed by atoms with Gasteiger partial charge >= 0.3 is 0 Å². The number of carbonyl (C=O) groups is 4. The quantitative estimate of drug-likeness (QED) is 0.0781. The molecule has 22 heteroatoms. The maximum Gasteiger partial charge on any atom is 0.242 e. The Morgan fingerprint density at radius 3 is 1.32 bits per heavy atom. The van der Waals surface area contributed by atoms with E-state index in [1.807, 2.05) is 127 Å². The molecule has 4 aliphatic rings. The molecule has 20 nitrogen and oxygen atoms in total. The topological polar surface area (TPSA) is 251 Å². The third-order valence-corrected chi connectivity index (χ3v) is 19.8. The number of phenolic OH excluding ortho intramolecular Hbond substituents is 2. The van der Waals surface area contributed by atoms with Crippen molar-refractivity contribution in [2.24, 2.45) is 0 Å². The summed E-state index contributed by atoms with van der Waals surface area (Å²) in [5, 5.41) is 42.6. The van der Waals surface area contributed by atoms with Crippen LogP contribution in [0.2, 0.25) is 5.15 Å². The molecule has 0 atom stereocenters. The smallest absolute Gasteiger partial charge is 0.242 e. The number of aromatic nitrogens is 7. The maximum atomic E-state index is 12.6. The van der Waals surface area contributed by atoms with E-state index in [-0.39, 0.29) is 29.4 Å². The van der Waals surface area contributed by atoms with Gasteiger partial charge in [-0.05, 0) is 213 Å². The first-order valence-corrected chi connectivity index (χ1v) is 37.9. The zero-order valence-electron chi connectivity index (χ0n) is 60.8. The molecule has 0 aliphatic carbocycles. The number of hydrogen-bond donors (Lipinski definition) is 4. The van der Waals surface area contributed by atoms with E-state index in [1.54, 1.807) is 43.3 Å². The first-order valence-electron chi connectivity index (χ1n) is 36.4. The molecule has 12 aromatic rings. The van der Waals surface area contributed by atoms with E-state index >= 15 is 0 Å². The second-order valence-corrected chi connectivity index (χ2v) is 27.8. The lowest BCUT2D eigenvalue weighted by Gasteiger charge is -2.27. The van der Waals surface area contributed by atoms with E-state index < -0.39 is 0 Å². The molecule has 4 fully saturated rings. The lowest BCUT2D eigenvalue weighted by Crippen LogP contribution is -2.37. The molecule has 16 rings (SSSR count). The van der Waals surface area contributed by atoms with Gasteiger partial charge in [-0.3, -0.25) is 19.2 Å². The summed E-state index contributed by atoms with van der Waals surface area (Å²) in [4.78, 5) is 70.5. The average Bonchev–Trinajstić information content (AvgIpc) is 1.66. The van der Waals surface area contributed by atoms with Gasteiger partial charge in [0.15, 0.2) is 0 Å². The molecule has 0 saturated carbocycles. The minimum Gasteiger partial charge on any atom is -0.507 e. The Morgan fingerprint density at radius 1 is 0.453 bits per heavy atom. The summed E-state index contributed by atoms with van der Waals surface area (Å²) in [6, 6.07) is 49.6. The van der Waals surface area contributed by atoms with Gasteiger partial charge in [0.2, 0.25) is 29.5 Å². The fourth-order valence-electron chi connectivity index (χ4n) is 13.5. The van der Waals surface area contributed by atoms with Crippen LogP contribution in [0, 0.1) is 50.4 Å². The molecule has 106 heavy (non-hydrogen) atoms. The van der Waals surface area contributed by atoms with Gasteiger partial charge in [-0.25, -0.2) is 9.97 Å². The van der Waals surface area contributed by atoms with Crippen LogP contribution in [0.25, 0.3) is 54.5 Å². The van der Waals surface area contributed by atoms with E-state index in [1.165, 1.54) is 72.0 Å². The maximum absolute atomic E-state index is 12.6. The third kappa shape index (κ3) is 21.4. The average molecular weight is 1510 g/mol. The van der Waals surface area contributed by atoms with Crippen molar-refractivity contribution >= 4 is 106 Å². The zero-order valence-corrected chi connectivity index (χ0v) is 63.2. The molecular weight excluding hydrogens is 1420 g/mol. The number of benzene rings is 5. The van der Waals surface area contributed by atoms with Gasteiger partial charge in [0, 0.05) is 144 Å². The van der Waals surface area contributed by atoms with E-state index in [2.05, 4.69) is 109 Å². The molecule has 4 aliphatic heterocycles. The van der Waals surface area contributed by atoms with Gasteiger partial charge in [-0.15, -0.1) is 0 Å². The number of H-pyrrole nitrogens is 2. The summed E-state index contributed by atoms with van der Waals surface area (Å²) >= 11 is 8.73. The number of rotatable bonds is 9. The summed E-state index contributed by atoms with van der Waals surface area (Å²) in [5.41, 5.74) is 10.4. The second-order valence-electron chi connectivity index (χ2n) is 26.8. The van der Waals surface area contributed by atoms with E-state index in [0.717, 1.165) is 140 Å². The number of aromatic amines is 2. The van der Waals surface area contributed by atoms with Crippen LogP contribution in [0.1, 0.15) is 111 Å². The van der Waals surface area contributed by atoms with Crippen LogP contribution in [-0.2, 0) is 38.8 Å². The van der Waals surface area contributed by atoms with Crippen LogP contribution < -0.4 is 4.74 Å².